The molecule has 41 heteroatoms. The number of phenols is 4. The number of carbonyl (C=O) groups excluding carboxylic acids is 8. The average Bonchev–Trinajstić information content (AvgIpc) is 0.740. The molecule has 25 N–H and O–H groups in total. The Bertz CT molecular complexity index is 5330. The maximum atomic E-state index is 16.9. The third-order valence-corrected chi connectivity index (χ3v) is 24.2. The molecule has 7 aromatic rings. The van der Waals surface area contributed by atoms with Gasteiger partial charge in [0.25, 0.3) is 0 Å². The first-order valence-electron chi connectivity index (χ1n) is 43.6. The molecule has 39 nitrogen and oxygen atoms in total. The van der Waals surface area contributed by atoms with Gasteiger partial charge in [-0.2, -0.15) is 0 Å². The zero-order valence-electron chi connectivity index (χ0n) is 72.2. The molecule has 0 radical (unpaired) electrons. The summed E-state index contributed by atoms with van der Waals surface area (Å²) in [6.07, 6.45) is -13.6. The molecule has 2 saturated heterocycles. The van der Waals surface area contributed by atoms with Gasteiger partial charge in [0.05, 0.1) is 23.3 Å². The van der Waals surface area contributed by atoms with Crippen LogP contribution < -0.4 is 87.9 Å². The Balaban J connectivity index is 1.02. The maximum Gasteiger partial charge on any atom is 0.248 e. The fourth-order valence-corrected chi connectivity index (χ4v) is 16.8. The van der Waals surface area contributed by atoms with Crippen molar-refractivity contribution in [1.82, 2.24) is 58.5 Å². The fraction of sp³-hybridized carbons (Fsp3) is 0.451. The Morgan fingerprint density at radius 2 is 1.14 bits per heavy atom. The van der Waals surface area contributed by atoms with Crippen molar-refractivity contribution >= 4 is 70.5 Å². The van der Waals surface area contributed by atoms with Crippen LogP contribution in [0.4, 0.5) is 0 Å². The second kappa shape index (κ2) is 44.4. The van der Waals surface area contributed by atoms with Crippen LogP contribution in [-0.2, 0) is 54.3 Å². The number of aliphatic hydroxyl groups is 8. The minimum Gasteiger partial charge on any atom is -0.508 e. The third kappa shape index (κ3) is 23.0. The van der Waals surface area contributed by atoms with E-state index in [9.17, 15) is 70.9 Å². The Hall–Kier alpha value is -11.5. The minimum absolute atomic E-state index is 0.0807. The average molecular weight is 1870 g/mol. The van der Waals surface area contributed by atoms with Crippen molar-refractivity contribution in [3.63, 3.8) is 0 Å². The summed E-state index contributed by atoms with van der Waals surface area (Å²) in [6, 6.07) is 6.53. The summed E-state index contributed by atoms with van der Waals surface area (Å²) in [5.41, 5.74) is 3.16. The monoisotopic (exact) mass is 1870 g/mol. The number of rotatable bonds is 28. The molecular weight excluding hydrogens is 1760 g/mol. The first kappa shape index (κ1) is 98.0. The van der Waals surface area contributed by atoms with Crippen molar-refractivity contribution in [3.8, 4) is 80.1 Å². The van der Waals surface area contributed by atoms with Crippen molar-refractivity contribution in [2.24, 2.45) is 11.7 Å². The van der Waals surface area contributed by atoms with Gasteiger partial charge in [-0.25, -0.2) is 0 Å². The first-order chi connectivity index (χ1) is 63.3. The molecule has 0 aromatic heterocycles. The van der Waals surface area contributed by atoms with Crippen LogP contribution in [0.2, 0.25) is 10.0 Å². The number of benzene rings is 7. The summed E-state index contributed by atoms with van der Waals surface area (Å²) in [7, 11) is 1.44. The van der Waals surface area contributed by atoms with E-state index in [2.05, 4.69) is 72.3 Å². The Morgan fingerprint density at radius 3 is 1.83 bits per heavy atom. The lowest BCUT2D eigenvalue weighted by molar-refractivity contribution is -0.277. The molecule has 8 amide bonds. The van der Waals surface area contributed by atoms with E-state index in [1.165, 1.54) is 61.6 Å². The van der Waals surface area contributed by atoms with Gasteiger partial charge in [-0.05, 0) is 178 Å². The molecule has 8 aliphatic heterocycles. The number of nitrogens with two attached hydrogens (primary N) is 1. The molecule has 132 heavy (non-hydrogen) atoms. The lowest BCUT2D eigenvalue weighted by Crippen LogP contribution is -2.65. The number of fused-ring (bicyclic) bond motifs is 14. The zero-order chi connectivity index (χ0) is 94.5. The fourth-order valence-electron chi connectivity index (χ4n) is 16.4. The summed E-state index contributed by atoms with van der Waals surface area (Å²) in [5.74, 6) is -15.0. The van der Waals surface area contributed by atoms with Crippen LogP contribution in [-0.4, -0.2) is 241 Å². The highest BCUT2D eigenvalue weighted by molar-refractivity contribution is 6.33. The molecule has 0 aliphatic carbocycles. The molecule has 2 fully saturated rings. The number of carbonyl (C=O) groups is 8. The molecule has 0 saturated carbocycles. The van der Waals surface area contributed by atoms with Crippen LogP contribution in [0.3, 0.4) is 0 Å². The molecule has 17 bridgehead atoms. The number of phenolic OH excluding ortho intramolecular Hbond substituents is 4. The van der Waals surface area contributed by atoms with Gasteiger partial charge in [0.2, 0.25) is 65.6 Å². The third-order valence-electron chi connectivity index (χ3n) is 23.5. The smallest absolute Gasteiger partial charge is 0.248 e. The van der Waals surface area contributed by atoms with Gasteiger partial charge in [0, 0.05) is 48.2 Å². The van der Waals surface area contributed by atoms with Gasteiger partial charge in [-0.1, -0.05) is 99.5 Å². The molecule has 7 aromatic carbocycles. The standard InChI is InChI=1S/C91H110Cl2N12O27/c1-42(2)12-7-5-4-6-8-13-66(112)100-75-79(116)77(114)64(40-106)130-90(75)132-82-62-34-47-35-63(82)128-59-23-18-46(32-54(59)92)76(113)74-89(125)104-72(84(120)98-29-11-28-97-27-10-26-96-25-9-24-94)52-36-48(108)37-61(129-91-81(118)80(117)78(115)65(41-107)131-91)67(52)51-31-44(16-21-56(51)109)70(86(122)105-74)101-87(123)71(47)102-88(124)73-53-38-50(39-58(111)68(53)93)127-60-33-45(17-22-57(60)110)69(95-3)85(121)99-55(83(119)103-73)30-43-14-19-49(126-62)20-15-43/h14-23,31-39,42,55,64-65,69-81,90-91,95-97,106-111,113-118H,4-13,24-30,40-41,94H2,1-3H3,(H,98,120)(H,99,121)(H,100,112)(H,101,123)(H,102,124)(H,103,119)(H,104,125)(H,105,122)/t55-,64-,65-,69-,70-,71-,72-,73+,74+,75-,76-,77-,78-,79-,80+,81+,90+,91+/m1/s1. The Kier molecular flexibility index (Phi) is 33.0. The number of hydrogen-bond acceptors (Lipinski definition) is 31. The molecular formula is C91H110Cl2N12O27. The first-order valence-corrected chi connectivity index (χ1v) is 44.4. The van der Waals surface area contributed by atoms with Gasteiger partial charge >= 0.3 is 0 Å². The number of likely N-dealkylation sites (N-methyl/N-ethyl adjacent to an activating group) is 1. The van der Waals surface area contributed by atoms with E-state index in [-0.39, 0.29) is 59.9 Å². The van der Waals surface area contributed by atoms with E-state index in [1.54, 1.807) is 0 Å². The SMILES string of the molecule is CN[C@H]1C(=O)N[C@@H]2Cc3ccc(cc3)Oc3cc4cc(c3O[C@@H]3O[C@H](CO)[C@@H](O)[C@H](O)[C@H]3NC(=O)CCCCCCCC(C)C)Oc3ccc(cc3Cl)[C@@H](O)[C@@H]3NC(=O)[C@H](NC(=O)[C@@H]4NC(=O)[C@@H](NC2=O)c2cc(cc(O)c2Cl)Oc2cc1ccc2O)c1ccc(O)c(c1)-c1c(O[C@H]2O[C@H](CO)[C@@H](O)[C@H](O)[C@@H]2O)cc(O)cc1[C@H](C(=O)NCCCNCCCNCCCN)NC3=O. The van der Waals surface area contributed by atoms with Crippen molar-refractivity contribution in [2.45, 2.75) is 194 Å². The molecule has 8 aliphatic rings. The van der Waals surface area contributed by atoms with Gasteiger partial charge in [0.1, 0.15) is 137 Å². The highest BCUT2D eigenvalue weighted by Gasteiger charge is 2.50. The van der Waals surface area contributed by atoms with Crippen molar-refractivity contribution in [3.05, 3.63) is 164 Å². The van der Waals surface area contributed by atoms with Crippen LogP contribution >= 0.6 is 23.2 Å². The molecule has 0 spiro atoms. The second-order valence-corrected chi connectivity index (χ2v) is 34.3. The number of nitrogens with one attached hydrogen (secondary N) is 11. The molecule has 8 heterocycles. The predicted molar refractivity (Wildman–Crippen MR) is 472 cm³/mol. The molecule has 710 valence electrons. The molecule has 15 rings (SSSR count). The lowest BCUT2D eigenvalue weighted by Gasteiger charge is -2.42. The van der Waals surface area contributed by atoms with Gasteiger partial charge in [-0.3, -0.25) is 38.4 Å². The Morgan fingerprint density at radius 1 is 0.523 bits per heavy atom. The molecule has 0 unspecified atom stereocenters. The number of aromatic hydroxyl groups is 4. The van der Waals surface area contributed by atoms with Gasteiger partial charge < -0.3 is 159 Å². The van der Waals surface area contributed by atoms with Crippen molar-refractivity contribution in [1.29, 1.82) is 0 Å². The van der Waals surface area contributed by atoms with Gasteiger partial charge in [-0.15, -0.1) is 0 Å². The van der Waals surface area contributed by atoms with Gasteiger partial charge in [0.15, 0.2) is 23.0 Å². The summed E-state index contributed by atoms with van der Waals surface area (Å²) in [6.45, 7) is 5.07. The van der Waals surface area contributed by atoms with Crippen LogP contribution in [0.25, 0.3) is 11.1 Å². The topological polar surface area (TPSA) is 602 Å². The van der Waals surface area contributed by atoms with Crippen LogP contribution in [0.15, 0.2) is 115 Å². The quantitative estimate of drug-likeness (QED) is 0.0313. The van der Waals surface area contributed by atoms with E-state index in [0.717, 1.165) is 106 Å². The minimum atomic E-state index is -2.41. The maximum absolute atomic E-state index is 16.9. The summed E-state index contributed by atoms with van der Waals surface area (Å²) < 4.78 is 45.1. The number of ether oxygens (including phenoxy) is 7. The number of aliphatic hydroxyl groups excluding tert-OH is 8. The van der Waals surface area contributed by atoms with E-state index in [1.807, 2.05) is 0 Å². The summed E-state index contributed by atoms with van der Waals surface area (Å²) >= 11 is 14.4. The van der Waals surface area contributed by atoms with Crippen LogP contribution in [0.1, 0.15) is 153 Å². The van der Waals surface area contributed by atoms with E-state index < -0.39 is 260 Å². The van der Waals surface area contributed by atoms with Crippen molar-refractivity contribution < 1.29 is 133 Å². The number of halogens is 2. The van der Waals surface area contributed by atoms with Crippen LogP contribution in [0.5, 0.6) is 69.0 Å². The Labute approximate surface area is 767 Å². The highest BCUT2D eigenvalue weighted by atomic mass is 35.5. The lowest BCUT2D eigenvalue weighted by atomic mass is 9.89. The van der Waals surface area contributed by atoms with Crippen LogP contribution in [0, 0.1) is 5.92 Å². The zero-order valence-corrected chi connectivity index (χ0v) is 73.7. The summed E-state index contributed by atoms with van der Waals surface area (Å²) in [4.78, 5) is 126. The normalized spacial score (nSPS) is 25.4. The largest absolute Gasteiger partial charge is 0.508 e. The number of hydrogen-bond donors (Lipinski definition) is 24. The van der Waals surface area contributed by atoms with E-state index >= 15 is 28.8 Å². The second-order valence-electron chi connectivity index (χ2n) is 33.5. The number of unbranched alkanes of at least 4 members (excludes halogenated alkanes) is 4. The van der Waals surface area contributed by atoms with Crippen molar-refractivity contribution in [2.75, 3.05) is 59.5 Å². The summed E-state index contributed by atoms with van der Waals surface area (Å²) in [5, 5.41) is 169. The number of amides is 8. The highest BCUT2D eigenvalue weighted by Crippen LogP contribution is 2.51. The predicted octanol–water partition coefficient (Wildman–Crippen LogP) is 3.04. The van der Waals surface area contributed by atoms with E-state index in [4.69, 9.17) is 62.1 Å². The van der Waals surface area contributed by atoms with E-state index in [0.29, 0.717) is 50.5 Å². The molecule has 18 atom stereocenters.